The molecule has 0 aliphatic rings. The van der Waals surface area contributed by atoms with E-state index < -0.39 is 0 Å². The summed E-state index contributed by atoms with van der Waals surface area (Å²) >= 11 is 0. The normalized spacial score (nSPS) is 13.0. The first-order valence-electron chi connectivity index (χ1n) is 6.50. The molecule has 0 spiro atoms. The molecule has 0 amide bonds. The van der Waals surface area contributed by atoms with Crippen molar-refractivity contribution in [2.24, 2.45) is 12.8 Å². The van der Waals surface area contributed by atoms with Gasteiger partial charge in [-0.3, -0.25) is 0 Å². The van der Waals surface area contributed by atoms with Crippen LogP contribution in [0.1, 0.15) is 19.4 Å². The SMILES string of the molecule is C/C(N)=C(\C)c1ccc2c(c1)c1ccccc1n2C. The Morgan fingerprint density at radius 1 is 0.947 bits per heavy atom. The lowest BCUT2D eigenvalue weighted by atomic mass is 10.0. The van der Waals surface area contributed by atoms with Gasteiger partial charge >= 0.3 is 0 Å². The molecule has 0 aliphatic heterocycles. The minimum atomic E-state index is 0.875. The van der Waals surface area contributed by atoms with Crippen molar-refractivity contribution in [2.45, 2.75) is 13.8 Å². The highest BCUT2D eigenvalue weighted by atomic mass is 14.9. The Labute approximate surface area is 113 Å². The van der Waals surface area contributed by atoms with Gasteiger partial charge in [0.2, 0.25) is 0 Å². The fourth-order valence-electron chi connectivity index (χ4n) is 2.63. The summed E-state index contributed by atoms with van der Waals surface area (Å²) in [4.78, 5) is 0. The molecule has 0 aliphatic carbocycles. The highest BCUT2D eigenvalue weighted by molar-refractivity contribution is 6.08. The summed E-state index contributed by atoms with van der Waals surface area (Å²) in [5.41, 5.74) is 11.6. The Kier molecular flexibility index (Phi) is 2.59. The third-order valence-electron chi connectivity index (χ3n) is 3.94. The van der Waals surface area contributed by atoms with Crippen LogP contribution in [0.5, 0.6) is 0 Å². The number of rotatable bonds is 1. The number of allylic oxidation sites excluding steroid dienone is 2. The molecule has 19 heavy (non-hydrogen) atoms. The van der Waals surface area contributed by atoms with E-state index in [1.54, 1.807) is 0 Å². The van der Waals surface area contributed by atoms with Gasteiger partial charge in [-0.1, -0.05) is 24.3 Å². The lowest BCUT2D eigenvalue weighted by Gasteiger charge is -2.05. The number of para-hydroxylation sites is 1. The van der Waals surface area contributed by atoms with E-state index in [1.165, 1.54) is 27.4 Å². The number of nitrogens with two attached hydrogens (primary N) is 1. The second-order valence-electron chi connectivity index (χ2n) is 5.12. The van der Waals surface area contributed by atoms with Gasteiger partial charge in [0, 0.05) is 34.6 Å². The van der Waals surface area contributed by atoms with Crippen LogP contribution in [0, 0.1) is 0 Å². The molecular weight excluding hydrogens is 232 g/mol. The molecular formula is C17H18N2. The van der Waals surface area contributed by atoms with Crippen LogP contribution in [0.4, 0.5) is 0 Å². The first kappa shape index (κ1) is 11.8. The molecule has 0 radical (unpaired) electrons. The number of fused-ring (bicyclic) bond motifs is 3. The summed E-state index contributed by atoms with van der Waals surface area (Å²) in [6, 6.07) is 15.1. The summed E-state index contributed by atoms with van der Waals surface area (Å²) in [5.74, 6) is 0. The van der Waals surface area contributed by atoms with Gasteiger partial charge in [-0.25, -0.2) is 0 Å². The Bertz CT molecular complexity index is 803. The van der Waals surface area contributed by atoms with E-state index in [0.717, 1.165) is 11.3 Å². The molecule has 0 saturated carbocycles. The van der Waals surface area contributed by atoms with Crippen LogP contribution in [0.2, 0.25) is 0 Å². The molecule has 0 fully saturated rings. The van der Waals surface area contributed by atoms with Crippen LogP contribution in [-0.2, 0) is 7.05 Å². The second-order valence-corrected chi connectivity index (χ2v) is 5.12. The lowest BCUT2D eigenvalue weighted by Crippen LogP contribution is -1.95. The van der Waals surface area contributed by atoms with E-state index in [9.17, 15) is 0 Å². The average Bonchev–Trinajstić information content (AvgIpc) is 2.72. The maximum absolute atomic E-state index is 5.90. The van der Waals surface area contributed by atoms with Crippen molar-refractivity contribution in [1.82, 2.24) is 4.57 Å². The fraction of sp³-hybridized carbons (Fsp3) is 0.176. The molecule has 0 unspecified atom stereocenters. The van der Waals surface area contributed by atoms with Crippen LogP contribution >= 0.6 is 0 Å². The number of hydrogen-bond acceptors (Lipinski definition) is 1. The summed E-state index contributed by atoms with van der Waals surface area (Å²) in [7, 11) is 2.11. The molecule has 3 rings (SSSR count). The number of aromatic nitrogens is 1. The fourth-order valence-corrected chi connectivity index (χ4v) is 2.63. The van der Waals surface area contributed by atoms with Crippen molar-refractivity contribution in [1.29, 1.82) is 0 Å². The smallest absolute Gasteiger partial charge is 0.0489 e. The van der Waals surface area contributed by atoms with Crippen molar-refractivity contribution < 1.29 is 0 Å². The van der Waals surface area contributed by atoms with Gasteiger partial charge in [0.1, 0.15) is 0 Å². The van der Waals surface area contributed by atoms with E-state index in [2.05, 4.69) is 61.0 Å². The highest BCUT2D eigenvalue weighted by Crippen LogP contribution is 2.30. The van der Waals surface area contributed by atoms with E-state index in [1.807, 2.05) is 6.92 Å². The third-order valence-corrected chi connectivity index (χ3v) is 3.94. The highest BCUT2D eigenvalue weighted by Gasteiger charge is 2.08. The predicted octanol–water partition coefficient (Wildman–Crippen LogP) is 4.04. The van der Waals surface area contributed by atoms with Crippen molar-refractivity contribution in [3.63, 3.8) is 0 Å². The molecule has 0 atom stereocenters. The average molecular weight is 250 g/mol. The zero-order valence-corrected chi connectivity index (χ0v) is 11.6. The Morgan fingerprint density at radius 2 is 1.63 bits per heavy atom. The largest absolute Gasteiger partial charge is 0.402 e. The van der Waals surface area contributed by atoms with Gasteiger partial charge in [-0.05, 0) is 43.2 Å². The molecule has 96 valence electrons. The van der Waals surface area contributed by atoms with Gasteiger partial charge < -0.3 is 10.3 Å². The van der Waals surface area contributed by atoms with Crippen molar-refractivity contribution in [2.75, 3.05) is 0 Å². The predicted molar refractivity (Wildman–Crippen MR) is 82.9 cm³/mol. The Hall–Kier alpha value is -2.22. The van der Waals surface area contributed by atoms with E-state index in [-0.39, 0.29) is 0 Å². The van der Waals surface area contributed by atoms with Gasteiger partial charge in [0.15, 0.2) is 0 Å². The van der Waals surface area contributed by atoms with Gasteiger partial charge in [0.05, 0.1) is 0 Å². The standard InChI is InChI=1S/C17H18N2/c1-11(12(2)18)13-8-9-17-15(10-13)14-6-4-5-7-16(14)19(17)3/h4-10H,18H2,1-3H3/b12-11-. The third kappa shape index (κ3) is 1.72. The zero-order valence-electron chi connectivity index (χ0n) is 11.6. The number of nitrogens with zero attached hydrogens (tertiary/aromatic N) is 1. The first-order valence-corrected chi connectivity index (χ1v) is 6.50. The van der Waals surface area contributed by atoms with Crippen LogP contribution in [-0.4, -0.2) is 4.57 Å². The molecule has 0 bridgehead atoms. The molecule has 0 saturated heterocycles. The monoisotopic (exact) mass is 250 g/mol. The first-order chi connectivity index (χ1) is 9.09. The summed E-state index contributed by atoms with van der Waals surface area (Å²) in [6.45, 7) is 4.02. The minimum Gasteiger partial charge on any atom is -0.402 e. The summed E-state index contributed by atoms with van der Waals surface area (Å²) in [5, 5.41) is 2.58. The molecule has 1 aromatic heterocycles. The van der Waals surface area contributed by atoms with Crippen molar-refractivity contribution in [3.8, 4) is 0 Å². The molecule has 2 heteroatoms. The van der Waals surface area contributed by atoms with Crippen LogP contribution in [0.3, 0.4) is 0 Å². The molecule has 2 aromatic carbocycles. The van der Waals surface area contributed by atoms with E-state index in [4.69, 9.17) is 5.73 Å². The van der Waals surface area contributed by atoms with E-state index in [0.29, 0.717) is 0 Å². The van der Waals surface area contributed by atoms with Crippen LogP contribution < -0.4 is 5.73 Å². The Morgan fingerprint density at radius 3 is 2.37 bits per heavy atom. The van der Waals surface area contributed by atoms with Gasteiger partial charge in [-0.15, -0.1) is 0 Å². The van der Waals surface area contributed by atoms with Gasteiger partial charge in [0.25, 0.3) is 0 Å². The van der Waals surface area contributed by atoms with E-state index >= 15 is 0 Å². The molecule has 2 N–H and O–H groups in total. The van der Waals surface area contributed by atoms with Crippen molar-refractivity contribution in [3.05, 3.63) is 53.7 Å². The summed E-state index contributed by atoms with van der Waals surface area (Å²) in [6.07, 6.45) is 0. The zero-order chi connectivity index (χ0) is 13.6. The summed E-state index contributed by atoms with van der Waals surface area (Å²) < 4.78 is 2.24. The van der Waals surface area contributed by atoms with Crippen LogP contribution in [0.15, 0.2) is 48.2 Å². The number of aryl methyl sites for hydroxylation is 1. The topological polar surface area (TPSA) is 30.9 Å². The Balaban J connectivity index is 2.40. The maximum atomic E-state index is 5.90. The second kappa shape index (κ2) is 4.16. The van der Waals surface area contributed by atoms with Crippen molar-refractivity contribution >= 4 is 27.4 Å². The number of benzene rings is 2. The molecule has 1 heterocycles. The van der Waals surface area contributed by atoms with Crippen LogP contribution in [0.25, 0.3) is 27.4 Å². The molecule has 3 aromatic rings. The molecule has 2 nitrogen and oxygen atoms in total. The maximum Gasteiger partial charge on any atom is 0.0489 e. The van der Waals surface area contributed by atoms with Gasteiger partial charge in [-0.2, -0.15) is 0 Å². The lowest BCUT2D eigenvalue weighted by molar-refractivity contribution is 1.01. The number of hydrogen-bond donors (Lipinski definition) is 1. The quantitative estimate of drug-likeness (QED) is 0.694. The minimum absolute atomic E-state index is 0.875.